The van der Waals surface area contributed by atoms with E-state index in [1.165, 1.54) is 12.1 Å². The van der Waals surface area contributed by atoms with E-state index in [2.05, 4.69) is 0 Å². The first-order chi connectivity index (χ1) is 7.70. The Balaban J connectivity index is 2.55. The van der Waals surface area contributed by atoms with Crippen LogP contribution in [-0.2, 0) is 0 Å². The summed E-state index contributed by atoms with van der Waals surface area (Å²) >= 11 is 0. The van der Waals surface area contributed by atoms with Gasteiger partial charge in [-0.2, -0.15) is 0 Å². The van der Waals surface area contributed by atoms with Gasteiger partial charge in [-0.3, -0.25) is 4.79 Å². The molecule has 80 valence electrons. The summed E-state index contributed by atoms with van der Waals surface area (Å²) in [6.07, 6.45) is 0.696. The van der Waals surface area contributed by atoms with Crippen LogP contribution in [0.1, 0.15) is 10.4 Å². The second kappa shape index (κ2) is 4.06. The van der Waals surface area contributed by atoms with Crippen LogP contribution in [0, 0.1) is 0 Å². The van der Waals surface area contributed by atoms with Crippen molar-refractivity contribution in [3.8, 4) is 22.6 Å². The lowest BCUT2D eigenvalue weighted by Gasteiger charge is -2.05. The zero-order chi connectivity index (χ0) is 11.5. The maximum Gasteiger partial charge on any atom is 0.150 e. The molecule has 0 aliphatic carbocycles. The fourth-order valence-electron chi connectivity index (χ4n) is 1.55. The Hall–Kier alpha value is -2.29. The minimum atomic E-state index is 0.0598. The molecule has 0 bridgehead atoms. The van der Waals surface area contributed by atoms with Crippen LogP contribution in [0.3, 0.4) is 0 Å². The minimum Gasteiger partial charge on any atom is -0.508 e. The van der Waals surface area contributed by atoms with Crippen LogP contribution in [-0.4, -0.2) is 16.5 Å². The molecule has 0 heterocycles. The van der Waals surface area contributed by atoms with E-state index >= 15 is 0 Å². The maximum atomic E-state index is 10.9. The number of carbonyl (C=O) groups is 1. The number of rotatable bonds is 2. The van der Waals surface area contributed by atoms with Gasteiger partial charge < -0.3 is 10.2 Å². The predicted molar refractivity (Wildman–Crippen MR) is 60.6 cm³/mol. The van der Waals surface area contributed by atoms with Gasteiger partial charge in [-0.25, -0.2) is 0 Å². The second-order valence-corrected chi connectivity index (χ2v) is 3.44. The van der Waals surface area contributed by atoms with E-state index in [0.29, 0.717) is 11.8 Å². The molecule has 0 saturated carbocycles. The molecule has 0 amide bonds. The SMILES string of the molecule is O=Cc1cc(O)ccc1-c1ccc(O)cc1. The lowest BCUT2D eigenvalue weighted by Crippen LogP contribution is -1.86. The van der Waals surface area contributed by atoms with Crippen molar-refractivity contribution in [2.75, 3.05) is 0 Å². The summed E-state index contributed by atoms with van der Waals surface area (Å²) in [5, 5.41) is 18.4. The number of benzene rings is 2. The van der Waals surface area contributed by atoms with Crippen molar-refractivity contribution in [2.45, 2.75) is 0 Å². The maximum absolute atomic E-state index is 10.9. The highest BCUT2D eigenvalue weighted by Crippen LogP contribution is 2.27. The number of carbonyl (C=O) groups excluding carboxylic acids is 1. The molecule has 3 nitrogen and oxygen atoms in total. The van der Waals surface area contributed by atoms with Gasteiger partial charge in [0.1, 0.15) is 11.5 Å². The third-order valence-electron chi connectivity index (χ3n) is 2.34. The van der Waals surface area contributed by atoms with Gasteiger partial charge in [0.05, 0.1) is 0 Å². The van der Waals surface area contributed by atoms with Crippen molar-refractivity contribution in [1.29, 1.82) is 0 Å². The Kier molecular flexibility index (Phi) is 2.60. The van der Waals surface area contributed by atoms with Crippen LogP contribution < -0.4 is 0 Å². The van der Waals surface area contributed by atoms with Gasteiger partial charge in [-0.1, -0.05) is 12.1 Å². The summed E-state index contributed by atoms with van der Waals surface area (Å²) < 4.78 is 0. The third kappa shape index (κ3) is 1.88. The number of phenolic OH excluding ortho intramolecular Hbond substituents is 2. The molecule has 2 aromatic carbocycles. The molecule has 0 unspecified atom stereocenters. The normalized spacial score (nSPS) is 10.0. The predicted octanol–water partition coefficient (Wildman–Crippen LogP) is 2.58. The van der Waals surface area contributed by atoms with Gasteiger partial charge in [-0.15, -0.1) is 0 Å². The highest BCUT2D eigenvalue weighted by Gasteiger charge is 2.05. The summed E-state index contributed by atoms with van der Waals surface area (Å²) in [6.45, 7) is 0. The van der Waals surface area contributed by atoms with Crippen molar-refractivity contribution in [2.24, 2.45) is 0 Å². The molecule has 0 aromatic heterocycles. The zero-order valence-electron chi connectivity index (χ0n) is 8.42. The Morgan fingerprint density at radius 2 is 1.50 bits per heavy atom. The second-order valence-electron chi connectivity index (χ2n) is 3.44. The molecule has 0 spiro atoms. The summed E-state index contributed by atoms with van der Waals surface area (Å²) in [5.74, 6) is 0.236. The van der Waals surface area contributed by atoms with Crippen LogP contribution in [0.25, 0.3) is 11.1 Å². The highest BCUT2D eigenvalue weighted by molar-refractivity contribution is 5.88. The first-order valence-electron chi connectivity index (χ1n) is 4.78. The summed E-state index contributed by atoms with van der Waals surface area (Å²) in [4.78, 5) is 10.9. The molecule has 0 aliphatic heterocycles. The molecule has 3 heteroatoms. The molecule has 0 atom stereocenters. The first-order valence-corrected chi connectivity index (χ1v) is 4.78. The Morgan fingerprint density at radius 3 is 2.12 bits per heavy atom. The third-order valence-corrected chi connectivity index (χ3v) is 2.34. The van der Waals surface area contributed by atoms with E-state index in [-0.39, 0.29) is 11.5 Å². The Bertz CT molecular complexity index is 515. The molecule has 2 N–H and O–H groups in total. The first kappa shape index (κ1) is 10.2. The molecule has 0 aliphatic rings. The van der Waals surface area contributed by atoms with Crippen molar-refractivity contribution >= 4 is 6.29 Å². The molecule has 2 aromatic rings. The topological polar surface area (TPSA) is 57.5 Å². The Morgan fingerprint density at radius 1 is 0.875 bits per heavy atom. The van der Waals surface area contributed by atoms with E-state index in [9.17, 15) is 9.90 Å². The van der Waals surface area contributed by atoms with Crippen LogP contribution in [0.2, 0.25) is 0 Å². The van der Waals surface area contributed by atoms with Crippen LogP contribution in [0.15, 0.2) is 42.5 Å². The number of hydrogen-bond acceptors (Lipinski definition) is 3. The fourth-order valence-corrected chi connectivity index (χ4v) is 1.55. The van der Waals surface area contributed by atoms with Gasteiger partial charge in [0.15, 0.2) is 6.29 Å². The zero-order valence-corrected chi connectivity index (χ0v) is 8.42. The monoisotopic (exact) mass is 214 g/mol. The van der Waals surface area contributed by atoms with E-state index in [0.717, 1.165) is 11.1 Å². The number of aldehydes is 1. The molecular formula is C13H10O3. The van der Waals surface area contributed by atoms with Gasteiger partial charge in [-0.05, 0) is 41.5 Å². The van der Waals surface area contributed by atoms with Gasteiger partial charge in [0, 0.05) is 5.56 Å². The lowest BCUT2D eigenvalue weighted by molar-refractivity contribution is 0.112. The quantitative estimate of drug-likeness (QED) is 0.755. The molecule has 2 rings (SSSR count). The van der Waals surface area contributed by atoms with E-state index in [1.54, 1.807) is 30.3 Å². The van der Waals surface area contributed by atoms with Gasteiger partial charge in [0.25, 0.3) is 0 Å². The van der Waals surface area contributed by atoms with E-state index in [1.807, 2.05) is 0 Å². The smallest absolute Gasteiger partial charge is 0.150 e. The Labute approximate surface area is 92.6 Å². The van der Waals surface area contributed by atoms with Gasteiger partial charge in [0.2, 0.25) is 0 Å². The summed E-state index contributed by atoms with van der Waals surface area (Å²) in [6, 6.07) is 11.1. The van der Waals surface area contributed by atoms with Crippen molar-refractivity contribution in [3.63, 3.8) is 0 Å². The molecular weight excluding hydrogens is 204 g/mol. The number of hydrogen-bond donors (Lipinski definition) is 2. The highest BCUT2D eigenvalue weighted by atomic mass is 16.3. The number of phenols is 2. The van der Waals surface area contributed by atoms with Crippen molar-refractivity contribution in [1.82, 2.24) is 0 Å². The fraction of sp³-hybridized carbons (Fsp3) is 0. The van der Waals surface area contributed by atoms with Gasteiger partial charge >= 0.3 is 0 Å². The molecule has 16 heavy (non-hydrogen) atoms. The van der Waals surface area contributed by atoms with Crippen LogP contribution >= 0.6 is 0 Å². The van der Waals surface area contributed by atoms with Crippen LogP contribution in [0.5, 0.6) is 11.5 Å². The minimum absolute atomic E-state index is 0.0598. The van der Waals surface area contributed by atoms with Crippen molar-refractivity contribution < 1.29 is 15.0 Å². The molecule has 0 radical (unpaired) electrons. The van der Waals surface area contributed by atoms with E-state index in [4.69, 9.17) is 5.11 Å². The average molecular weight is 214 g/mol. The summed E-state index contributed by atoms with van der Waals surface area (Å²) in [5.41, 5.74) is 1.97. The standard InChI is InChI=1S/C13H10O3/c14-8-10-7-12(16)5-6-13(10)9-1-3-11(15)4-2-9/h1-8,15-16H. The largest absolute Gasteiger partial charge is 0.508 e. The average Bonchev–Trinajstić information content (AvgIpc) is 2.30. The van der Waals surface area contributed by atoms with Crippen LogP contribution in [0.4, 0.5) is 0 Å². The van der Waals surface area contributed by atoms with Crippen molar-refractivity contribution in [3.05, 3.63) is 48.0 Å². The molecule has 0 saturated heterocycles. The summed E-state index contributed by atoms with van der Waals surface area (Å²) in [7, 11) is 0. The molecule has 0 fully saturated rings. The lowest BCUT2D eigenvalue weighted by atomic mass is 10.00. The van der Waals surface area contributed by atoms with E-state index < -0.39 is 0 Å². The number of aromatic hydroxyl groups is 2.